The van der Waals surface area contributed by atoms with Crippen molar-refractivity contribution in [1.29, 1.82) is 0 Å². The largest absolute Gasteiger partial charge is 0.416 e. The SMILES string of the molecule is CC(C)CN(C)C(=O)c1cc(C(F)(F)F)ccc1N. The van der Waals surface area contributed by atoms with Gasteiger partial charge in [-0.05, 0) is 24.1 Å². The van der Waals surface area contributed by atoms with E-state index in [1.165, 1.54) is 4.90 Å². The highest BCUT2D eigenvalue weighted by atomic mass is 19.4. The van der Waals surface area contributed by atoms with Gasteiger partial charge in [-0.2, -0.15) is 13.2 Å². The Kier molecular flexibility index (Phi) is 4.44. The molecule has 0 heterocycles. The Labute approximate surface area is 110 Å². The van der Waals surface area contributed by atoms with E-state index in [4.69, 9.17) is 5.73 Å². The lowest BCUT2D eigenvalue weighted by Gasteiger charge is -2.21. The van der Waals surface area contributed by atoms with Crippen molar-refractivity contribution in [2.24, 2.45) is 5.92 Å². The third kappa shape index (κ3) is 3.87. The maximum absolute atomic E-state index is 12.6. The first-order valence-electron chi connectivity index (χ1n) is 5.85. The summed E-state index contributed by atoms with van der Waals surface area (Å²) in [7, 11) is 1.54. The van der Waals surface area contributed by atoms with E-state index in [9.17, 15) is 18.0 Å². The van der Waals surface area contributed by atoms with Crippen LogP contribution in [0.25, 0.3) is 0 Å². The molecule has 0 fully saturated rings. The summed E-state index contributed by atoms with van der Waals surface area (Å²) in [5.74, 6) is -0.279. The van der Waals surface area contributed by atoms with E-state index in [0.29, 0.717) is 6.54 Å². The number of rotatable bonds is 3. The Balaban J connectivity index is 3.09. The highest BCUT2D eigenvalue weighted by Gasteiger charge is 2.31. The van der Waals surface area contributed by atoms with E-state index in [-0.39, 0.29) is 17.2 Å². The van der Waals surface area contributed by atoms with Crippen molar-refractivity contribution < 1.29 is 18.0 Å². The van der Waals surface area contributed by atoms with Crippen molar-refractivity contribution in [1.82, 2.24) is 4.90 Å². The van der Waals surface area contributed by atoms with E-state index in [0.717, 1.165) is 18.2 Å². The van der Waals surface area contributed by atoms with Gasteiger partial charge in [0.15, 0.2) is 0 Å². The second kappa shape index (κ2) is 5.50. The lowest BCUT2D eigenvalue weighted by molar-refractivity contribution is -0.137. The minimum absolute atomic E-state index is 0.0496. The van der Waals surface area contributed by atoms with Crippen LogP contribution in [0.15, 0.2) is 18.2 Å². The number of nitrogens with zero attached hydrogens (tertiary/aromatic N) is 1. The number of benzene rings is 1. The molecule has 0 radical (unpaired) electrons. The van der Waals surface area contributed by atoms with Crippen molar-refractivity contribution in [2.75, 3.05) is 19.3 Å². The Bertz CT molecular complexity index is 469. The Hall–Kier alpha value is -1.72. The third-order valence-corrected chi connectivity index (χ3v) is 2.60. The fourth-order valence-corrected chi connectivity index (χ4v) is 1.75. The molecule has 2 N–H and O–H groups in total. The van der Waals surface area contributed by atoms with Crippen LogP contribution >= 0.6 is 0 Å². The second-order valence-corrected chi connectivity index (χ2v) is 4.88. The topological polar surface area (TPSA) is 46.3 Å². The highest BCUT2D eigenvalue weighted by Crippen LogP contribution is 2.31. The standard InChI is InChI=1S/C13H17F3N2O/c1-8(2)7-18(3)12(19)10-6-9(13(14,15)16)4-5-11(10)17/h4-6,8H,7,17H2,1-3H3. The first-order valence-corrected chi connectivity index (χ1v) is 5.85. The number of anilines is 1. The summed E-state index contributed by atoms with van der Waals surface area (Å²) in [4.78, 5) is 13.4. The number of nitrogens with two attached hydrogens (primary N) is 1. The van der Waals surface area contributed by atoms with Gasteiger partial charge < -0.3 is 10.6 Å². The Morgan fingerprint density at radius 1 is 1.37 bits per heavy atom. The molecule has 0 aliphatic rings. The van der Waals surface area contributed by atoms with Crippen LogP contribution in [-0.4, -0.2) is 24.4 Å². The van der Waals surface area contributed by atoms with Gasteiger partial charge in [0.25, 0.3) is 5.91 Å². The van der Waals surface area contributed by atoms with Crippen LogP contribution in [0.3, 0.4) is 0 Å². The molecule has 106 valence electrons. The van der Waals surface area contributed by atoms with Crippen LogP contribution in [0.2, 0.25) is 0 Å². The summed E-state index contributed by atoms with van der Waals surface area (Å²) in [5.41, 5.74) is 4.65. The Morgan fingerprint density at radius 3 is 2.42 bits per heavy atom. The minimum Gasteiger partial charge on any atom is -0.398 e. The maximum atomic E-state index is 12.6. The maximum Gasteiger partial charge on any atom is 0.416 e. The zero-order chi connectivity index (χ0) is 14.8. The van der Waals surface area contributed by atoms with E-state index >= 15 is 0 Å². The van der Waals surface area contributed by atoms with Crippen LogP contribution in [0.1, 0.15) is 29.8 Å². The number of amides is 1. The summed E-state index contributed by atoms with van der Waals surface area (Å²) in [5, 5.41) is 0. The average Bonchev–Trinajstić information content (AvgIpc) is 2.26. The van der Waals surface area contributed by atoms with Crippen LogP contribution < -0.4 is 5.73 Å². The number of halogens is 3. The van der Waals surface area contributed by atoms with Crippen molar-refractivity contribution in [3.05, 3.63) is 29.3 Å². The minimum atomic E-state index is -4.49. The molecule has 0 bridgehead atoms. The van der Waals surface area contributed by atoms with Gasteiger partial charge in [0.05, 0.1) is 11.1 Å². The van der Waals surface area contributed by atoms with E-state index in [2.05, 4.69) is 0 Å². The van der Waals surface area contributed by atoms with E-state index in [1.807, 2.05) is 13.8 Å². The summed E-state index contributed by atoms with van der Waals surface area (Å²) < 4.78 is 37.8. The first-order chi connectivity index (χ1) is 8.62. The summed E-state index contributed by atoms with van der Waals surface area (Å²) in [6.07, 6.45) is -4.49. The fraction of sp³-hybridized carbons (Fsp3) is 0.462. The lowest BCUT2D eigenvalue weighted by atomic mass is 10.1. The second-order valence-electron chi connectivity index (χ2n) is 4.88. The van der Waals surface area contributed by atoms with Gasteiger partial charge in [0.1, 0.15) is 0 Å². The van der Waals surface area contributed by atoms with Gasteiger partial charge >= 0.3 is 6.18 Å². The van der Waals surface area contributed by atoms with Gasteiger partial charge in [0, 0.05) is 19.3 Å². The van der Waals surface area contributed by atoms with Gasteiger partial charge in [-0.15, -0.1) is 0 Å². The predicted octanol–water partition coefficient (Wildman–Crippen LogP) is 3.02. The number of carbonyl (C=O) groups excluding carboxylic acids is 1. The molecule has 0 saturated carbocycles. The molecule has 1 rings (SSSR count). The van der Waals surface area contributed by atoms with E-state index in [1.54, 1.807) is 7.05 Å². The smallest absolute Gasteiger partial charge is 0.398 e. The predicted molar refractivity (Wildman–Crippen MR) is 67.7 cm³/mol. The van der Waals surface area contributed by atoms with Crippen LogP contribution in [0.5, 0.6) is 0 Å². The zero-order valence-corrected chi connectivity index (χ0v) is 11.1. The Morgan fingerprint density at radius 2 is 1.95 bits per heavy atom. The molecule has 0 aliphatic heterocycles. The summed E-state index contributed by atoms with van der Waals surface area (Å²) in [6.45, 7) is 4.28. The molecular formula is C13H17F3N2O. The van der Waals surface area contributed by atoms with Crippen molar-refractivity contribution in [3.63, 3.8) is 0 Å². The van der Waals surface area contributed by atoms with Gasteiger partial charge in [-0.3, -0.25) is 4.79 Å². The number of hydrogen-bond donors (Lipinski definition) is 1. The quantitative estimate of drug-likeness (QED) is 0.861. The van der Waals surface area contributed by atoms with Gasteiger partial charge in [0.2, 0.25) is 0 Å². The normalized spacial score (nSPS) is 11.7. The molecule has 0 aromatic heterocycles. The number of nitrogen functional groups attached to an aromatic ring is 1. The van der Waals surface area contributed by atoms with Crippen LogP contribution in [0.4, 0.5) is 18.9 Å². The van der Waals surface area contributed by atoms with E-state index < -0.39 is 17.6 Å². The number of carbonyl (C=O) groups is 1. The number of hydrogen-bond acceptors (Lipinski definition) is 2. The molecule has 1 aromatic rings. The van der Waals surface area contributed by atoms with Crippen molar-refractivity contribution >= 4 is 11.6 Å². The monoisotopic (exact) mass is 274 g/mol. The summed E-state index contributed by atoms with van der Waals surface area (Å²) >= 11 is 0. The highest BCUT2D eigenvalue weighted by molar-refractivity contribution is 5.99. The molecule has 6 heteroatoms. The lowest BCUT2D eigenvalue weighted by Crippen LogP contribution is -2.31. The van der Waals surface area contributed by atoms with Crippen LogP contribution in [-0.2, 0) is 6.18 Å². The molecule has 3 nitrogen and oxygen atoms in total. The molecule has 0 aliphatic carbocycles. The van der Waals surface area contributed by atoms with Gasteiger partial charge in [-0.1, -0.05) is 13.8 Å². The van der Waals surface area contributed by atoms with Crippen LogP contribution in [0, 0.1) is 5.92 Å². The molecule has 0 unspecified atom stereocenters. The fourth-order valence-electron chi connectivity index (χ4n) is 1.75. The molecule has 0 atom stereocenters. The average molecular weight is 274 g/mol. The summed E-state index contributed by atoms with van der Waals surface area (Å²) in [6, 6.07) is 2.78. The first kappa shape index (κ1) is 15.3. The molecule has 19 heavy (non-hydrogen) atoms. The van der Waals surface area contributed by atoms with Gasteiger partial charge in [-0.25, -0.2) is 0 Å². The molecule has 0 saturated heterocycles. The zero-order valence-electron chi connectivity index (χ0n) is 11.1. The number of alkyl halides is 3. The molecular weight excluding hydrogens is 257 g/mol. The van der Waals surface area contributed by atoms with Crippen molar-refractivity contribution in [3.8, 4) is 0 Å². The molecule has 1 aromatic carbocycles. The molecule has 0 spiro atoms. The third-order valence-electron chi connectivity index (χ3n) is 2.60. The van der Waals surface area contributed by atoms with Crippen molar-refractivity contribution in [2.45, 2.75) is 20.0 Å². The molecule has 1 amide bonds.